The first-order chi connectivity index (χ1) is 10.2. The van der Waals surface area contributed by atoms with Gasteiger partial charge in [-0.2, -0.15) is 0 Å². The van der Waals surface area contributed by atoms with Crippen molar-refractivity contribution in [2.75, 3.05) is 7.05 Å². The van der Waals surface area contributed by atoms with E-state index in [0.29, 0.717) is 5.75 Å². The summed E-state index contributed by atoms with van der Waals surface area (Å²) in [6.45, 7) is 1.93. The molecule has 0 aliphatic rings. The van der Waals surface area contributed by atoms with Gasteiger partial charge in [-0.25, -0.2) is 8.78 Å². The molecule has 0 amide bonds. The SMILES string of the molecule is CCC(NC)c1ccccc1OCc1c(F)cccc1F. The monoisotopic (exact) mass is 291 g/mol. The molecule has 0 spiro atoms. The van der Waals surface area contributed by atoms with E-state index in [9.17, 15) is 8.78 Å². The Kier molecular flexibility index (Phi) is 5.28. The second-order valence-electron chi connectivity index (χ2n) is 4.78. The first-order valence-electron chi connectivity index (χ1n) is 6.99. The van der Waals surface area contributed by atoms with E-state index >= 15 is 0 Å². The van der Waals surface area contributed by atoms with Gasteiger partial charge in [0.2, 0.25) is 0 Å². The molecule has 1 N–H and O–H groups in total. The van der Waals surface area contributed by atoms with Crippen LogP contribution in [0.2, 0.25) is 0 Å². The van der Waals surface area contributed by atoms with Crippen LogP contribution < -0.4 is 10.1 Å². The van der Waals surface area contributed by atoms with E-state index in [0.717, 1.165) is 12.0 Å². The van der Waals surface area contributed by atoms with Gasteiger partial charge in [0.15, 0.2) is 0 Å². The number of hydrogen-bond acceptors (Lipinski definition) is 2. The standard InChI is InChI=1S/C17H19F2NO/c1-3-16(20-2)12-7-4-5-10-17(12)21-11-13-14(18)8-6-9-15(13)19/h4-10,16,20H,3,11H2,1-2H3. The van der Waals surface area contributed by atoms with Gasteiger partial charge in [0.25, 0.3) is 0 Å². The summed E-state index contributed by atoms with van der Waals surface area (Å²) in [5.74, 6) is -0.539. The van der Waals surface area contributed by atoms with E-state index in [-0.39, 0.29) is 18.2 Å². The summed E-state index contributed by atoms with van der Waals surface area (Å²) in [6, 6.07) is 11.5. The van der Waals surface area contributed by atoms with Gasteiger partial charge >= 0.3 is 0 Å². The predicted molar refractivity (Wildman–Crippen MR) is 79.2 cm³/mol. The number of ether oxygens (including phenoxy) is 1. The molecule has 2 rings (SSSR count). The fraction of sp³-hybridized carbons (Fsp3) is 0.294. The van der Waals surface area contributed by atoms with Crippen molar-refractivity contribution in [1.29, 1.82) is 0 Å². The first kappa shape index (κ1) is 15.4. The Morgan fingerprint density at radius 1 is 1.05 bits per heavy atom. The average molecular weight is 291 g/mol. The zero-order valence-electron chi connectivity index (χ0n) is 12.2. The van der Waals surface area contributed by atoms with Crippen LogP contribution in [0.4, 0.5) is 8.78 Å². The second-order valence-corrected chi connectivity index (χ2v) is 4.78. The zero-order valence-corrected chi connectivity index (χ0v) is 12.2. The Labute approximate surface area is 123 Å². The quantitative estimate of drug-likeness (QED) is 0.860. The van der Waals surface area contributed by atoms with Gasteiger partial charge < -0.3 is 10.1 Å². The van der Waals surface area contributed by atoms with Crippen molar-refractivity contribution in [2.24, 2.45) is 0 Å². The van der Waals surface area contributed by atoms with Gasteiger partial charge in [0.05, 0.1) is 5.56 Å². The molecule has 2 aromatic carbocycles. The summed E-state index contributed by atoms with van der Waals surface area (Å²) in [6.07, 6.45) is 0.894. The van der Waals surface area contributed by atoms with Gasteiger partial charge in [-0.05, 0) is 31.7 Å². The van der Waals surface area contributed by atoms with E-state index in [2.05, 4.69) is 12.2 Å². The summed E-state index contributed by atoms with van der Waals surface area (Å²) < 4.78 is 32.9. The molecule has 0 aliphatic heterocycles. The van der Waals surface area contributed by atoms with Crippen LogP contribution in [0.1, 0.15) is 30.5 Å². The van der Waals surface area contributed by atoms with Crippen molar-refractivity contribution in [1.82, 2.24) is 5.32 Å². The molecule has 0 aliphatic carbocycles. The topological polar surface area (TPSA) is 21.3 Å². The van der Waals surface area contributed by atoms with Crippen molar-refractivity contribution in [2.45, 2.75) is 26.0 Å². The second kappa shape index (κ2) is 7.18. The third-order valence-electron chi connectivity index (χ3n) is 3.48. The molecule has 1 atom stereocenters. The fourth-order valence-corrected chi connectivity index (χ4v) is 2.30. The van der Waals surface area contributed by atoms with E-state index in [1.54, 1.807) is 0 Å². The summed E-state index contributed by atoms with van der Waals surface area (Å²) >= 11 is 0. The Morgan fingerprint density at radius 2 is 1.71 bits per heavy atom. The number of nitrogens with one attached hydrogen (secondary N) is 1. The number of rotatable bonds is 6. The van der Waals surface area contributed by atoms with Gasteiger partial charge in [0.1, 0.15) is 24.0 Å². The molecule has 0 radical (unpaired) electrons. The molecule has 0 heterocycles. The minimum atomic E-state index is -0.590. The van der Waals surface area contributed by atoms with Crippen molar-refractivity contribution < 1.29 is 13.5 Å². The highest BCUT2D eigenvalue weighted by atomic mass is 19.1. The normalized spacial score (nSPS) is 12.2. The third kappa shape index (κ3) is 3.58. The summed E-state index contributed by atoms with van der Waals surface area (Å²) in [7, 11) is 1.88. The van der Waals surface area contributed by atoms with E-state index < -0.39 is 11.6 Å². The Hall–Kier alpha value is -1.94. The molecule has 1 unspecified atom stereocenters. The van der Waals surface area contributed by atoms with Crippen LogP contribution in [0.5, 0.6) is 5.75 Å². The average Bonchev–Trinajstić information content (AvgIpc) is 2.49. The van der Waals surface area contributed by atoms with Crippen LogP contribution in [-0.4, -0.2) is 7.05 Å². The highest BCUT2D eigenvalue weighted by Gasteiger charge is 2.14. The van der Waals surface area contributed by atoms with Crippen molar-refractivity contribution in [3.05, 3.63) is 65.2 Å². The predicted octanol–water partition coefficient (Wildman–Crippen LogP) is 4.21. The molecule has 4 heteroatoms. The van der Waals surface area contributed by atoms with Crippen LogP contribution in [0.25, 0.3) is 0 Å². The minimum absolute atomic E-state index is 0.0511. The molecule has 2 nitrogen and oxygen atoms in total. The summed E-state index contributed by atoms with van der Waals surface area (Å²) in [5.41, 5.74) is 0.934. The lowest BCUT2D eigenvalue weighted by molar-refractivity contribution is 0.286. The Morgan fingerprint density at radius 3 is 2.33 bits per heavy atom. The zero-order chi connectivity index (χ0) is 15.2. The third-order valence-corrected chi connectivity index (χ3v) is 3.48. The molecule has 112 valence electrons. The van der Waals surface area contributed by atoms with Gasteiger partial charge in [0, 0.05) is 11.6 Å². The molecule has 0 aromatic heterocycles. The highest BCUT2D eigenvalue weighted by molar-refractivity contribution is 5.36. The molecule has 0 saturated heterocycles. The van der Waals surface area contributed by atoms with E-state index in [1.807, 2.05) is 31.3 Å². The fourth-order valence-electron chi connectivity index (χ4n) is 2.30. The van der Waals surface area contributed by atoms with Crippen LogP contribution >= 0.6 is 0 Å². The van der Waals surface area contributed by atoms with Gasteiger partial charge in [-0.3, -0.25) is 0 Å². The van der Waals surface area contributed by atoms with Crippen molar-refractivity contribution in [3.8, 4) is 5.75 Å². The van der Waals surface area contributed by atoms with Gasteiger partial charge in [-0.1, -0.05) is 31.2 Å². The minimum Gasteiger partial charge on any atom is -0.488 e. The lowest BCUT2D eigenvalue weighted by Gasteiger charge is -2.19. The first-order valence-corrected chi connectivity index (χ1v) is 6.99. The number of halogens is 2. The number of para-hydroxylation sites is 1. The molecule has 0 fully saturated rings. The molecular formula is C17H19F2NO. The molecule has 21 heavy (non-hydrogen) atoms. The van der Waals surface area contributed by atoms with Crippen LogP contribution in [0.3, 0.4) is 0 Å². The number of hydrogen-bond donors (Lipinski definition) is 1. The smallest absolute Gasteiger partial charge is 0.132 e. The molecular weight excluding hydrogens is 272 g/mol. The Bertz CT molecular complexity index is 577. The number of benzene rings is 2. The maximum Gasteiger partial charge on any atom is 0.132 e. The molecule has 2 aromatic rings. The van der Waals surface area contributed by atoms with Gasteiger partial charge in [-0.15, -0.1) is 0 Å². The lowest BCUT2D eigenvalue weighted by atomic mass is 10.0. The largest absolute Gasteiger partial charge is 0.488 e. The van der Waals surface area contributed by atoms with Crippen LogP contribution in [0.15, 0.2) is 42.5 Å². The Balaban J connectivity index is 2.21. The maximum absolute atomic E-state index is 13.6. The van der Waals surface area contributed by atoms with Crippen molar-refractivity contribution >= 4 is 0 Å². The van der Waals surface area contributed by atoms with E-state index in [4.69, 9.17) is 4.74 Å². The van der Waals surface area contributed by atoms with Crippen LogP contribution in [-0.2, 0) is 6.61 Å². The molecule has 0 bridgehead atoms. The van der Waals surface area contributed by atoms with E-state index in [1.165, 1.54) is 18.2 Å². The summed E-state index contributed by atoms with van der Waals surface area (Å²) in [5, 5.41) is 3.20. The highest BCUT2D eigenvalue weighted by Crippen LogP contribution is 2.28. The van der Waals surface area contributed by atoms with Crippen LogP contribution in [0, 0.1) is 11.6 Å². The van der Waals surface area contributed by atoms with Crippen molar-refractivity contribution in [3.63, 3.8) is 0 Å². The summed E-state index contributed by atoms with van der Waals surface area (Å²) in [4.78, 5) is 0. The lowest BCUT2D eigenvalue weighted by Crippen LogP contribution is -2.16. The maximum atomic E-state index is 13.6. The molecule has 0 saturated carbocycles.